The highest BCUT2D eigenvalue weighted by molar-refractivity contribution is 7.82. The van der Waals surface area contributed by atoms with Gasteiger partial charge in [0.15, 0.2) is 0 Å². The molecule has 0 aliphatic carbocycles. The third-order valence-corrected chi connectivity index (χ3v) is 7.01. The van der Waals surface area contributed by atoms with Crippen LogP contribution in [-0.4, -0.2) is 37.0 Å². The van der Waals surface area contributed by atoms with Gasteiger partial charge in [-0.2, -0.15) is 13.2 Å². The number of amides is 1. The van der Waals surface area contributed by atoms with Crippen LogP contribution in [0.25, 0.3) is 11.3 Å². The molecule has 2 aromatic heterocycles. The van der Waals surface area contributed by atoms with Crippen LogP contribution < -0.4 is 5.32 Å². The minimum atomic E-state index is -4.58. The Bertz CT molecular complexity index is 1240. The summed E-state index contributed by atoms with van der Waals surface area (Å²) in [6.45, 7) is 0.193. The number of hydrogen-bond donors (Lipinski definition) is 1. The molecule has 184 valence electrons. The molecule has 35 heavy (non-hydrogen) atoms. The normalized spacial score (nSPS) is 17.3. The maximum absolute atomic E-state index is 14.3. The molecule has 1 amide bonds. The molecule has 1 fully saturated rings. The van der Waals surface area contributed by atoms with Gasteiger partial charge in [0.2, 0.25) is 5.91 Å². The van der Waals surface area contributed by atoms with Crippen molar-refractivity contribution in [3.05, 3.63) is 77.8 Å². The van der Waals surface area contributed by atoms with Crippen LogP contribution in [0.4, 0.5) is 22.0 Å². The minimum absolute atomic E-state index is 0.0763. The van der Waals surface area contributed by atoms with E-state index in [-0.39, 0.29) is 23.4 Å². The molecule has 1 aliphatic heterocycles. The number of alkyl halides is 3. The summed E-state index contributed by atoms with van der Waals surface area (Å²) in [5.74, 6) is -1.62. The first-order chi connectivity index (χ1) is 16.6. The smallest absolute Gasteiger partial charge is 0.351 e. The van der Waals surface area contributed by atoms with Gasteiger partial charge >= 0.3 is 6.18 Å². The van der Waals surface area contributed by atoms with E-state index in [1.54, 1.807) is 0 Å². The molecule has 0 bridgehead atoms. The first-order valence-electron chi connectivity index (χ1n) is 10.5. The van der Waals surface area contributed by atoms with Gasteiger partial charge in [-0.1, -0.05) is 0 Å². The van der Waals surface area contributed by atoms with Crippen molar-refractivity contribution in [1.29, 1.82) is 0 Å². The summed E-state index contributed by atoms with van der Waals surface area (Å²) < 4.78 is 80.1. The molecule has 1 aromatic carbocycles. The van der Waals surface area contributed by atoms with Gasteiger partial charge in [0.1, 0.15) is 34.4 Å². The van der Waals surface area contributed by atoms with Gasteiger partial charge in [-0.15, -0.1) is 0 Å². The molecule has 0 saturated carbocycles. The van der Waals surface area contributed by atoms with Gasteiger partial charge in [0.25, 0.3) is 0 Å². The molecule has 12 heteroatoms. The molecule has 1 aliphatic rings. The summed E-state index contributed by atoms with van der Waals surface area (Å²) in [4.78, 5) is 20.4. The molecule has 4 rings (SSSR count). The van der Waals surface area contributed by atoms with E-state index in [2.05, 4.69) is 15.3 Å². The Hall–Kier alpha value is -3.25. The SMILES string of the molecule is O=C(NCc1cc(-c2ccc(C(F)(F)F)nc2)ncc1F)C1CCCN1S(=O)c1ccc(F)cc1. The van der Waals surface area contributed by atoms with Gasteiger partial charge in [-0.25, -0.2) is 17.3 Å². The van der Waals surface area contributed by atoms with Gasteiger partial charge in [-0.05, 0) is 55.3 Å². The third kappa shape index (κ3) is 5.70. The zero-order chi connectivity index (χ0) is 25.2. The minimum Gasteiger partial charge on any atom is -0.351 e. The molecule has 6 nitrogen and oxygen atoms in total. The number of nitrogens with zero attached hydrogens (tertiary/aromatic N) is 3. The van der Waals surface area contributed by atoms with Crippen molar-refractivity contribution in [2.75, 3.05) is 6.54 Å². The van der Waals surface area contributed by atoms with Crippen molar-refractivity contribution < 1.29 is 31.0 Å². The van der Waals surface area contributed by atoms with Crippen LogP contribution in [0, 0.1) is 11.6 Å². The topological polar surface area (TPSA) is 75.2 Å². The van der Waals surface area contributed by atoms with E-state index in [0.29, 0.717) is 24.3 Å². The average molecular weight is 510 g/mol. The van der Waals surface area contributed by atoms with Crippen molar-refractivity contribution in [3.8, 4) is 11.3 Å². The lowest BCUT2D eigenvalue weighted by molar-refractivity contribution is -0.141. The second kappa shape index (κ2) is 10.2. The Kier molecular flexibility index (Phi) is 7.22. The van der Waals surface area contributed by atoms with Crippen LogP contribution in [0.2, 0.25) is 0 Å². The van der Waals surface area contributed by atoms with Crippen LogP contribution in [0.5, 0.6) is 0 Å². The predicted molar refractivity (Wildman–Crippen MR) is 117 cm³/mol. The van der Waals surface area contributed by atoms with E-state index in [4.69, 9.17) is 0 Å². The Morgan fingerprint density at radius 3 is 2.49 bits per heavy atom. The fourth-order valence-electron chi connectivity index (χ4n) is 3.67. The van der Waals surface area contributed by atoms with Crippen molar-refractivity contribution >= 4 is 16.9 Å². The van der Waals surface area contributed by atoms with Crippen LogP contribution in [0.15, 0.2) is 59.8 Å². The number of nitrogens with one attached hydrogen (secondary N) is 1. The van der Waals surface area contributed by atoms with Crippen LogP contribution >= 0.6 is 0 Å². The van der Waals surface area contributed by atoms with E-state index >= 15 is 0 Å². The average Bonchev–Trinajstić information content (AvgIpc) is 3.33. The lowest BCUT2D eigenvalue weighted by Gasteiger charge is -2.22. The quantitative estimate of drug-likeness (QED) is 0.504. The molecule has 2 unspecified atom stereocenters. The molecule has 2 atom stereocenters. The Balaban J connectivity index is 1.44. The van der Waals surface area contributed by atoms with Gasteiger partial charge in [0, 0.05) is 30.4 Å². The molecule has 0 spiro atoms. The van der Waals surface area contributed by atoms with Crippen LogP contribution in [-0.2, 0) is 28.5 Å². The molecule has 1 saturated heterocycles. The summed E-state index contributed by atoms with van der Waals surface area (Å²) in [7, 11) is -1.67. The predicted octanol–water partition coefficient (Wildman–Crippen LogP) is 4.24. The Morgan fingerprint density at radius 2 is 1.83 bits per heavy atom. The number of halogens is 5. The van der Waals surface area contributed by atoms with E-state index < -0.39 is 46.4 Å². The zero-order valence-corrected chi connectivity index (χ0v) is 18.9. The molecular weight excluding hydrogens is 491 g/mol. The molecule has 3 heterocycles. The van der Waals surface area contributed by atoms with E-state index in [9.17, 15) is 31.0 Å². The van der Waals surface area contributed by atoms with E-state index in [0.717, 1.165) is 18.5 Å². The number of hydrogen-bond acceptors (Lipinski definition) is 4. The number of rotatable bonds is 6. The third-order valence-electron chi connectivity index (χ3n) is 5.47. The monoisotopic (exact) mass is 510 g/mol. The highest BCUT2D eigenvalue weighted by Gasteiger charge is 2.35. The Labute approximate surface area is 199 Å². The number of benzene rings is 1. The lowest BCUT2D eigenvalue weighted by atomic mass is 10.1. The van der Waals surface area contributed by atoms with Crippen molar-refractivity contribution in [2.45, 2.75) is 36.5 Å². The molecular formula is C23H19F5N4O2S. The summed E-state index contributed by atoms with van der Waals surface area (Å²) in [5, 5.41) is 2.63. The number of pyridine rings is 2. The van der Waals surface area contributed by atoms with E-state index in [1.165, 1.54) is 40.7 Å². The number of carbonyl (C=O) groups excluding carboxylic acids is 1. The number of carbonyl (C=O) groups is 1. The fraction of sp³-hybridized carbons (Fsp3) is 0.261. The summed E-state index contributed by atoms with van der Waals surface area (Å²) in [6, 6.07) is 7.75. The van der Waals surface area contributed by atoms with Crippen molar-refractivity contribution in [2.24, 2.45) is 0 Å². The van der Waals surface area contributed by atoms with Gasteiger partial charge in [0.05, 0.1) is 16.8 Å². The highest BCUT2D eigenvalue weighted by atomic mass is 32.2. The largest absolute Gasteiger partial charge is 0.433 e. The molecule has 1 N–H and O–H groups in total. The highest BCUT2D eigenvalue weighted by Crippen LogP contribution is 2.29. The van der Waals surface area contributed by atoms with Crippen molar-refractivity contribution in [1.82, 2.24) is 19.6 Å². The first kappa shape index (κ1) is 24.9. The maximum Gasteiger partial charge on any atom is 0.433 e. The summed E-state index contributed by atoms with van der Waals surface area (Å²) in [6.07, 6.45) is -1.61. The zero-order valence-electron chi connectivity index (χ0n) is 18.1. The second-order valence-corrected chi connectivity index (χ2v) is 9.25. The summed E-state index contributed by atoms with van der Waals surface area (Å²) in [5.41, 5.74) is -0.540. The molecule has 0 radical (unpaired) electrons. The maximum atomic E-state index is 14.3. The summed E-state index contributed by atoms with van der Waals surface area (Å²) >= 11 is 0. The van der Waals surface area contributed by atoms with E-state index in [1.807, 2.05) is 0 Å². The van der Waals surface area contributed by atoms with Crippen LogP contribution in [0.3, 0.4) is 0 Å². The van der Waals surface area contributed by atoms with Crippen LogP contribution in [0.1, 0.15) is 24.1 Å². The van der Waals surface area contributed by atoms with Crippen molar-refractivity contribution in [3.63, 3.8) is 0 Å². The number of aromatic nitrogens is 2. The van der Waals surface area contributed by atoms with Gasteiger partial charge < -0.3 is 5.32 Å². The Morgan fingerprint density at radius 1 is 1.09 bits per heavy atom. The molecule has 3 aromatic rings. The fourth-order valence-corrected chi connectivity index (χ4v) is 5.04. The first-order valence-corrected chi connectivity index (χ1v) is 11.6. The second-order valence-electron chi connectivity index (χ2n) is 7.81. The lowest BCUT2D eigenvalue weighted by Crippen LogP contribution is -2.43. The standard InChI is InChI=1S/C23H19F5N4O2S/c24-16-4-6-17(7-5-16)35(34)32-9-1-2-20(32)22(33)31-12-15-10-19(29-13-18(15)25)14-3-8-21(30-11-14)23(26,27)28/h3-8,10-11,13,20H,1-2,9,12H2,(H,31,33). The van der Waals surface area contributed by atoms with Gasteiger partial charge in [-0.3, -0.25) is 14.8 Å².